The molecule has 4 nitrogen and oxygen atoms in total. The Labute approximate surface area is 95.2 Å². The summed E-state index contributed by atoms with van der Waals surface area (Å²) in [5, 5.41) is 12.0. The summed E-state index contributed by atoms with van der Waals surface area (Å²) in [6, 6.07) is 6.79. The molecule has 4 heteroatoms. The second kappa shape index (κ2) is 6.85. The van der Waals surface area contributed by atoms with Crippen LogP contribution in [0.4, 0.5) is 5.69 Å². The Hall–Kier alpha value is -1.55. The van der Waals surface area contributed by atoms with Crippen molar-refractivity contribution in [2.45, 2.75) is 13.3 Å². The predicted molar refractivity (Wildman–Crippen MR) is 63.0 cm³/mol. The predicted octanol–water partition coefficient (Wildman–Crippen LogP) is 2.22. The van der Waals surface area contributed by atoms with Gasteiger partial charge in [0.15, 0.2) is 0 Å². The zero-order valence-electron chi connectivity index (χ0n) is 9.40. The number of rotatable bonds is 7. The first-order valence-electron chi connectivity index (χ1n) is 5.39. The molecule has 0 unspecified atom stereocenters. The molecule has 88 valence electrons. The van der Waals surface area contributed by atoms with Crippen LogP contribution in [0.15, 0.2) is 24.3 Å². The maximum absolute atomic E-state index is 10.7. The van der Waals surface area contributed by atoms with Crippen molar-refractivity contribution in [3.8, 4) is 0 Å². The molecule has 16 heavy (non-hydrogen) atoms. The monoisotopic (exact) mass is 223 g/mol. The van der Waals surface area contributed by atoms with Crippen LogP contribution in [0.25, 0.3) is 0 Å². The second-order valence-corrected chi connectivity index (χ2v) is 3.36. The van der Waals surface area contributed by atoms with E-state index < -0.39 is 5.97 Å². The maximum Gasteiger partial charge on any atom is 0.335 e. The Morgan fingerprint density at radius 3 is 3.00 bits per heavy atom. The number of carbonyl (C=O) groups is 1. The van der Waals surface area contributed by atoms with E-state index in [1.54, 1.807) is 18.2 Å². The van der Waals surface area contributed by atoms with E-state index >= 15 is 0 Å². The van der Waals surface area contributed by atoms with E-state index in [1.165, 1.54) is 0 Å². The zero-order chi connectivity index (χ0) is 11.8. The molecular formula is C12H17NO3. The third-order valence-electron chi connectivity index (χ3n) is 2.11. The minimum atomic E-state index is -0.905. The molecule has 0 saturated carbocycles. The number of carboxylic acids is 1. The van der Waals surface area contributed by atoms with Crippen LogP contribution in [0.2, 0.25) is 0 Å². The van der Waals surface area contributed by atoms with Gasteiger partial charge in [-0.05, 0) is 31.5 Å². The summed E-state index contributed by atoms with van der Waals surface area (Å²) in [6.45, 7) is 4.20. The number of hydrogen-bond donors (Lipinski definition) is 2. The van der Waals surface area contributed by atoms with Gasteiger partial charge in [-0.15, -0.1) is 0 Å². The van der Waals surface area contributed by atoms with Crippen LogP contribution >= 0.6 is 0 Å². The Bertz CT molecular complexity index is 339. The van der Waals surface area contributed by atoms with Crippen LogP contribution in [-0.2, 0) is 4.74 Å². The zero-order valence-corrected chi connectivity index (χ0v) is 9.40. The van der Waals surface area contributed by atoms with Crippen molar-refractivity contribution in [1.29, 1.82) is 0 Å². The highest BCUT2D eigenvalue weighted by atomic mass is 16.5. The number of benzene rings is 1. The molecule has 0 spiro atoms. The van der Waals surface area contributed by atoms with Crippen molar-refractivity contribution >= 4 is 11.7 Å². The van der Waals surface area contributed by atoms with Gasteiger partial charge in [-0.25, -0.2) is 4.79 Å². The summed E-state index contributed by atoms with van der Waals surface area (Å²) >= 11 is 0. The van der Waals surface area contributed by atoms with Gasteiger partial charge in [-0.3, -0.25) is 0 Å². The molecule has 0 aromatic heterocycles. The summed E-state index contributed by atoms with van der Waals surface area (Å²) in [6.07, 6.45) is 0.908. The minimum Gasteiger partial charge on any atom is -0.478 e. The fraction of sp³-hybridized carbons (Fsp3) is 0.417. The standard InChI is InChI=1S/C12H17NO3/c1-2-16-8-4-7-13-11-6-3-5-10(9-11)12(14)15/h3,5-6,9,13H,2,4,7-8H2,1H3,(H,14,15). The maximum atomic E-state index is 10.7. The second-order valence-electron chi connectivity index (χ2n) is 3.36. The molecule has 0 aliphatic carbocycles. The van der Waals surface area contributed by atoms with Crippen molar-refractivity contribution in [2.24, 2.45) is 0 Å². The summed E-state index contributed by atoms with van der Waals surface area (Å²) in [7, 11) is 0. The first-order valence-corrected chi connectivity index (χ1v) is 5.39. The van der Waals surface area contributed by atoms with Crippen LogP contribution in [-0.4, -0.2) is 30.8 Å². The van der Waals surface area contributed by atoms with Gasteiger partial charge in [0.1, 0.15) is 0 Å². The highest BCUT2D eigenvalue weighted by molar-refractivity contribution is 5.88. The van der Waals surface area contributed by atoms with Gasteiger partial charge >= 0.3 is 5.97 Å². The third kappa shape index (κ3) is 4.31. The normalized spacial score (nSPS) is 10.1. The largest absolute Gasteiger partial charge is 0.478 e. The molecule has 0 radical (unpaired) electrons. The van der Waals surface area contributed by atoms with Gasteiger partial charge < -0.3 is 15.2 Å². The van der Waals surface area contributed by atoms with E-state index in [-0.39, 0.29) is 0 Å². The lowest BCUT2D eigenvalue weighted by molar-refractivity contribution is 0.0697. The number of carboxylic acid groups (broad SMARTS) is 1. The topological polar surface area (TPSA) is 58.6 Å². The summed E-state index contributed by atoms with van der Waals surface area (Å²) < 4.78 is 5.20. The molecule has 2 N–H and O–H groups in total. The van der Waals surface area contributed by atoms with Gasteiger partial charge in [0, 0.05) is 25.4 Å². The van der Waals surface area contributed by atoms with Gasteiger partial charge in [-0.1, -0.05) is 6.07 Å². The van der Waals surface area contributed by atoms with E-state index in [9.17, 15) is 4.79 Å². The molecule has 0 atom stereocenters. The molecule has 0 bridgehead atoms. The van der Waals surface area contributed by atoms with Crippen molar-refractivity contribution in [2.75, 3.05) is 25.1 Å². The van der Waals surface area contributed by atoms with E-state index in [1.807, 2.05) is 13.0 Å². The van der Waals surface area contributed by atoms with Gasteiger partial charge in [0.25, 0.3) is 0 Å². The van der Waals surface area contributed by atoms with Crippen molar-refractivity contribution in [1.82, 2.24) is 0 Å². The van der Waals surface area contributed by atoms with Crippen molar-refractivity contribution in [3.63, 3.8) is 0 Å². The highest BCUT2D eigenvalue weighted by Gasteiger charge is 2.02. The summed E-state index contributed by atoms with van der Waals surface area (Å²) in [5.41, 5.74) is 1.13. The van der Waals surface area contributed by atoms with Crippen LogP contribution in [0.5, 0.6) is 0 Å². The lowest BCUT2D eigenvalue weighted by atomic mass is 10.2. The Balaban J connectivity index is 2.36. The number of hydrogen-bond acceptors (Lipinski definition) is 3. The fourth-order valence-electron chi connectivity index (χ4n) is 1.31. The quantitative estimate of drug-likeness (QED) is 0.696. The number of nitrogens with one attached hydrogen (secondary N) is 1. The minimum absolute atomic E-state index is 0.301. The Kier molecular flexibility index (Phi) is 5.36. The van der Waals surface area contributed by atoms with Gasteiger partial charge in [0.2, 0.25) is 0 Å². The third-order valence-corrected chi connectivity index (χ3v) is 2.11. The van der Waals surface area contributed by atoms with E-state index in [2.05, 4.69) is 5.32 Å². The molecule has 0 saturated heterocycles. The van der Waals surface area contributed by atoms with Gasteiger partial charge in [-0.2, -0.15) is 0 Å². The van der Waals surface area contributed by atoms with Crippen LogP contribution in [0.3, 0.4) is 0 Å². The molecule has 0 heterocycles. The lowest BCUT2D eigenvalue weighted by Gasteiger charge is -2.06. The van der Waals surface area contributed by atoms with E-state index in [4.69, 9.17) is 9.84 Å². The molecule has 0 amide bonds. The highest BCUT2D eigenvalue weighted by Crippen LogP contribution is 2.10. The summed E-state index contributed by atoms with van der Waals surface area (Å²) in [5.74, 6) is -0.905. The number of ether oxygens (including phenoxy) is 1. The van der Waals surface area contributed by atoms with E-state index in [0.29, 0.717) is 5.56 Å². The smallest absolute Gasteiger partial charge is 0.335 e. The summed E-state index contributed by atoms with van der Waals surface area (Å²) in [4.78, 5) is 10.7. The SMILES string of the molecule is CCOCCCNc1cccc(C(=O)O)c1. The molecule has 1 aromatic carbocycles. The Morgan fingerprint density at radius 1 is 1.50 bits per heavy atom. The molecule has 1 aromatic rings. The molecule has 0 aliphatic heterocycles. The average Bonchev–Trinajstić information content (AvgIpc) is 2.29. The van der Waals surface area contributed by atoms with Crippen molar-refractivity contribution in [3.05, 3.63) is 29.8 Å². The van der Waals surface area contributed by atoms with Crippen LogP contribution in [0.1, 0.15) is 23.7 Å². The average molecular weight is 223 g/mol. The lowest BCUT2D eigenvalue weighted by Crippen LogP contribution is -2.06. The number of aromatic carboxylic acids is 1. The fourth-order valence-corrected chi connectivity index (χ4v) is 1.31. The first kappa shape index (κ1) is 12.5. The first-order chi connectivity index (χ1) is 7.74. The van der Waals surface area contributed by atoms with Crippen molar-refractivity contribution < 1.29 is 14.6 Å². The molecular weight excluding hydrogens is 206 g/mol. The molecule has 0 aliphatic rings. The van der Waals surface area contributed by atoms with E-state index in [0.717, 1.165) is 31.9 Å². The number of anilines is 1. The van der Waals surface area contributed by atoms with Crippen LogP contribution in [0, 0.1) is 0 Å². The molecule has 0 fully saturated rings. The Morgan fingerprint density at radius 2 is 2.31 bits per heavy atom. The molecule has 1 rings (SSSR count). The van der Waals surface area contributed by atoms with Crippen LogP contribution < -0.4 is 5.32 Å². The van der Waals surface area contributed by atoms with Gasteiger partial charge in [0.05, 0.1) is 5.56 Å².